The average molecular weight is 365 g/mol. The van der Waals surface area contributed by atoms with E-state index in [0.717, 1.165) is 30.2 Å². The van der Waals surface area contributed by atoms with Crippen LogP contribution in [0.4, 0.5) is 0 Å². The molecule has 0 bridgehead atoms. The van der Waals surface area contributed by atoms with Crippen LogP contribution in [0.3, 0.4) is 0 Å². The minimum absolute atomic E-state index is 0.112. The van der Waals surface area contributed by atoms with E-state index in [1.165, 1.54) is 0 Å². The summed E-state index contributed by atoms with van der Waals surface area (Å²) >= 11 is 15.4. The van der Waals surface area contributed by atoms with Gasteiger partial charge in [-0.1, -0.05) is 27.5 Å². The van der Waals surface area contributed by atoms with Crippen molar-refractivity contribution in [3.8, 4) is 0 Å². The molecule has 0 radical (unpaired) electrons. The van der Waals surface area contributed by atoms with E-state index in [2.05, 4.69) is 21.2 Å². The van der Waals surface area contributed by atoms with Crippen molar-refractivity contribution in [2.75, 3.05) is 6.54 Å². The van der Waals surface area contributed by atoms with Crippen LogP contribution in [0.2, 0.25) is 5.02 Å². The smallest absolute Gasteiger partial charge is 0.252 e. The molecule has 104 valence electrons. The number of alkyl halides is 1. The van der Waals surface area contributed by atoms with Gasteiger partial charge in [0.2, 0.25) is 0 Å². The summed E-state index contributed by atoms with van der Waals surface area (Å²) in [6.45, 7) is 0.700. The number of halogens is 3. The van der Waals surface area contributed by atoms with E-state index >= 15 is 0 Å². The van der Waals surface area contributed by atoms with Gasteiger partial charge in [-0.2, -0.15) is 0 Å². The highest BCUT2D eigenvalue weighted by molar-refractivity contribution is 9.10. The summed E-state index contributed by atoms with van der Waals surface area (Å²) in [6.07, 6.45) is 4.25. The molecule has 1 aliphatic rings. The van der Waals surface area contributed by atoms with Crippen LogP contribution >= 0.6 is 39.1 Å². The summed E-state index contributed by atoms with van der Waals surface area (Å²) in [5, 5.41) is 3.75. The highest BCUT2D eigenvalue weighted by Gasteiger charge is 2.20. The number of benzene rings is 1. The zero-order valence-electron chi connectivity index (χ0n) is 10.5. The van der Waals surface area contributed by atoms with E-state index in [1.807, 2.05) is 6.07 Å². The molecule has 0 saturated heterocycles. The van der Waals surface area contributed by atoms with E-state index in [1.54, 1.807) is 12.1 Å². The third-order valence-corrected chi connectivity index (χ3v) is 4.76. The van der Waals surface area contributed by atoms with Gasteiger partial charge < -0.3 is 5.32 Å². The number of hydrogen-bond donors (Lipinski definition) is 1. The van der Waals surface area contributed by atoms with Crippen LogP contribution in [-0.4, -0.2) is 17.8 Å². The van der Waals surface area contributed by atoms with E-state index in [4.69, 9.17) is 23.2 Å². The monoisotopic (exact) mass is 363 g/mol. The average Bonchev–Trinajstić information content (AvgIpc) is 2.40. The highest BCUT2D eigenvalue weighted by atomic mass is 79.9. The van der Waals surface area contributed by atoms with Gasteiger partial charge in [0, 0.05) is 16.4 Å². The molecule has 2 rings (SSSR count). The molecule has 1 aliphatic carbocycles. The number of rotatable bonds is 3. The molecule has 1 N–H and O–H groups in total. The molecule has 0 spiro atoms. The summed E-state index contributed by atoms with van der Waals surface area (Å²) in [4.78, 5) is 12.1. The van der Waals surface area contributed by atoms with E-state index in [-0.39, 0.29) is 5.91 Å². The van der Waals surface area contributed by atoms with Crippen molar-refractivity contribution in [2.45, 2.75) is 31.1 Å². The number of hydrogen-bond acceptors (Lipinski definition) is 1. The predicted octanol–water partition coefficient (Wildman–Crippen LogP) is 4.63. The topological polar surface area (TPSA) is 29.1 Å². The van der Waals surface area contributed by atoms with E-state index < -0.39 is 0 Å². The number of nitrogens with one attached hydrogen (secondary N) is 1. The first-order valence-corrected chi connectivity index (χ1v) is 8.04. The molecular formula is C14H16BrCl2NO. The predicted molar refractivity (Wildman–Crippen MR) is 83.1 cm³/mol. The largest absolute Gasteiger partial charge is 0.352 e. The fourth-order valence-corrected chi connectivity index (χ4v) is 3.15. The van der Waals surface area contributed by atoms with Gasteiger partial charge in [-0.05, 0) is 49.8 Å². The van der Waals surface area contributed by atoms with Crippen LogP contribution in [-0.2, 0) is 0 Å². The molecule has 5 heteroatoms. The minimum Gasteiger partial charge on any atom is -0.352 e. The van der Waals surface area contributed by atoms with Gasteiger partial charge in [0.05, 0.1) is 10.6 Å². The van der Waals surface area contributed by atoms with Gasteiger partial charge >= 0.3 is 0 Å². The lowest BCUT2D eigenvalue weighted by atomic mass is 9.89. The molecular weight excluding hydrogens is 349 g/mol. The molecule has 0 heterocycles. The third-order valence-electron chi connectivity index (χ3n) is 3.50. The normalized spacial score (nSPS) is 23.1. The first-order valence-electron chi connectivity index (χ1n) is 6.43. The molecule has 0 unspecified atom stereocenters. The second-order valence-corrected chi connectivity index (χ2v) is 6.89. The van der Waals surface area contributed by atoms with Crippen molar-refractivity contribution in [2.24, 2.45) is 5.92 Å². The summed E-state index contributed by atoms with van der Waals surface area (Å²) in [5.74, 6) is 0.421. The van der Waals surface area contributed by atoms with Crippen molar-refractivity contribution in [1.29, 1.82) is 0 Å². The fraction of sp³-hybridized carbons (Fsp3) is 0.500. The lowest BCUT2D eigenvalue weighted by molar-refractivity contribution is 0.0944. The Morgan fingerprint density at radius 1 is 1.32 bits per heavy atom. The fourth-order valence-electron chi connectivity index (χ4n) is 2.33. The standard InChI is InChI=1S/C14H16BrCl2NO/c15-10-3-6-13(17)12(7-10)14(19)18-8-9-1-4-11(16)5-2-9/h3,6-7,9,11H,1-2,4-5,8H2,(H,18,19). The van der Waals surface area contributed by atoms with E-state index in [9.17, 15) is 4.79 Å². The number of carbonyl (C=O) groups excluding carboxylic acids is 1. The lowest BCUT2D eigenvalue weighted by Crippen LogP contribution is -2.31. The summed E-state index contributed by atoms with van der Waals surface area (Å²) in [7, 11) is 0. The van der Waals surface area contributed by atoms with Crippen molar-refractivity contribution < 1.29 is 4.79 Å². The number of amides is 1. The van der Waals surface area contributed by atoms with Gasteiger partial charge in [0.25, 0.3) is 5.91 Å². The molecule has 1 amide bonds. The molecule has 1 saturated carbocycles. The molecule has 19 heavy (non-hydrogen) atoms. The van der Waals surface area contributed by atoms with Crippen LogP contribution in [0, 0.1) is 5.92 Å². The van der Waals surface area contributed by atoms with Crippen LogP contribution in [0.15, 0.2) is 22.7 Å². The SMILES string of the molecule is O=C(NCC1CCC(Cl)CC1)c1cc(Br)ccc1Cl. The summed E-state index contributed by atoms with van der Waals surface area (Å²) in [5.41, 5.74) is 0.516. The van der Waals surface area contributed by atoms with Gasteiger partial charge in [-0.15, -0.1) is 11.6 Å². The van der Waals surface area contributed by atoms with Crippen molar-refractivity contribution >= 4 is 45.0 Å². The van der Waals surface area contributed by atoms with Crippen LogP contribution < -0.4 is 5.32 Å². The Bertz CT molecular complexity index is 459. The Balaban J connectivity index is 1.89. The number of carbonyl (C=O) groups is 1. The molecule has 0 aromatic heterocycles. The van der Waals surface area contributed by atoms with Crippen molar-refractivity contribution in [3.05, 3.63) is 33.3 Å². The van der Waals surface area contributed by atoms with E-state index in [0.29, 0.717) is 28.4 Å². The second kappa shape index (κ2) is 6.96. The van der Waals surface area contributed by atoms with Crippen molar-refractivity contribution in [1.82, 2.24) is 5.32 Å². The molecule has 1 aromatic carbocycles. The van der Waals surface area contributed by atoms with Gasteiger partial charge in [-0.3, -0.25) is 4.79 Å². The minimum atomic E-state index is -0.112. The summed E-state index contributed by atoms with van der Waals surface area (Å²) in [6, 6.07) is 5.29. The Labute approximate surface area is 132 Å². The maximum Gasteiger partial charge on any atom is 0.252 e. The maximum absolute atomic E-state index is 12.1. The van der Waals surface area contributed by atoms with Gasteiger partial charge in [0.15, 0.2) is 0 Å². The highest BCUT2D eigenvalue weighted by Crippen LogP contribution is 2.27. The molecule has 1 aromatic rings. The first kappa shape index (κ1) is 15.1. The summed E-state index contributed by atoms with van der Waals surface area (Å²) < 4.78 is 0.852. The Kier molecular flexibility index (Phi) is 5.55. The van der Waals surface area contributed by atoms with Crippen LogP contribution in [0.1, 0.15) is 36.0 Å². The zero-order valence-corrected chi connectivity index (χ0v) is 13.6. The third kappa shape index (κ3) is 4.37. The Morgan fingerprint density at radius 2 is 2.00 bits per heavy atom. The van der Waals surface area contributed by atoms with Crippen LogP contribution in [0.25, 0.3) is 0 Å². The Hall–Kier alpha value is -0.250. The molecule has 0 atom stereocenters. The molecule has 1 fully saturated rings. The zero-order chi connectivity index (χ0) is 13.8. The molecule has 2 nitrogen and oxygen atoms in total. The first-order chi connectivity index (χ1) is 9.06. The quantitative estimate of drug-likeness (QED) is 0.778. The maximum atomic E-state index is 12.1. The van der Waals surface area contributed by atoms with Crippen LogP contribution in [0.5, 0.6) is 0 Å². The van der Waals surface area contributed by atoms with Crippen molar-refractivity contribution in [3.63, 3.8) is 0 Å². The Morgan fingerprint density at radius 3 is 2.68 bits per heavy atom. The van der Waals surface area contributed by atoms with Gasteiger partial charge in [0.1, 0.15) is 0 Å². The lowest BCUT2D eigenvalue weighted by Gasteiger charge is -2.25. The van der Waals surface area contributed by atoms with Gasteiger partial charge in [-0.25, -0.2) is 0 Å². The molecule has 0 aliphatic heterocycles. The second-order valence-electron chi connectivity index (χ2n) is 4.95.